The quantitative estimate of drug-likeness (QED) is 0.167. The molecule has 13 aromatic rings. The molecular weight excluding hydrogens is 741 g/mol. The van der Waals surface area contributed by atoms with Gasteiger partial charge in [0.2, 0.25) is 0 Å². The number of fused-ring (bicyclic) bond motifs is 14. The van der Waals surface area contributed by atoms with Crippen molar-refractivity contribution < 1.29 is 0 Å². The molecule has 4 nitrogen and oxygen atoms in total. The van der Waals surface area contributed by atoms with Gasteiger partial charge in [-0.15, -0.1) is 0 Å². The Balaban J connectivity index is 1.22. The van der Waals surface area contributed by atoms with Gasteiger partial charge in [0.15, 0.2) is 17.5 Å². The molecule has 0 aliphatic heterocycles. The van der Waals surface area contributed by atoms with E-state index in [-0.39, 0.29) is 0 Å². The van der Waals surface area contributed by atoms with Crippen LogP contribution in [0.1, 0.15) is 0 Å². The van der Waals surface area contributed by atoms with Gasteiger partial charge >= 0.3 is 0 Å². The Hall–Kier alpha value is -8.21. The van der Waals surface area contributed by atoms with E-state index in [2.05, 4.69) is 193 Å². The Labute approximate surface area is 350 Å². The summed E-state index contributed by atoms with van der Waals surface area (Å²) in [6, 6.07) is 74.0. The van der Waals surface area contributed by atoms with Gasteiger partial charge in [0.25, 0.3) is 0 Å². The van der Waals surface area contributed by atoms with Crippen molar-refractivity contribution in [3.05, 3.63) is 206 Å². The summed E-state index contributed by atoms with van der Waals surface area (Å²) in [6.07, 6.45) is 0. The average Bonchev–Trinajstić information content (AvgIpc) is 3.69. The fourth-order valence-corrected chi connectivity index (χ4v) is 9.89. The highest BCUT2D eigenvalue weighted by Gasteiger charge is 2.23. The predicted octanol–water partition coefficient (Wildman–Crippen LogP) is 14.9. The average molecular weight is 775 g/mol. The number of aromatic nitrogens is 4. The van der Waals surface area contributed by atoms with Crippen molar-refractivity contribution in [1.82, 2.24) is 19.5 Å². The molecule has 0 atom stereocenters. The topological polar surface area (TPSA) is 43.6 Å². The SMILES string of the molecule is c1ccc(-c2nc(-c3cc(-n4c5ccc6ccccc6c5c5c6ccccc6ccc54)c4c5ccccc5c5ccccc5c4c3)nc(-c3cccc4ccccc34)n2)cc1. The number of nitrogens with zero attached hydrogens (tertiary/aromatic N) is 4. The highest BCUT2D eigenvalue weighted by molar-refractivity contribution is 6.31. The van der Waals surface area contributed by atoms with Gasteiger partial charge in [0.1, 0.15) is 0 Å². The van der Waals surface area contributed by atoms with Crippen molar-refractivity contribution in [3.63, 3.8) is 0 Å². The van der Waals surface area contributed by atoms with Gasteiger partial charge in [-0.05, 0) is 83.5 Å². The van der Waals surface area contributed by atoms with Crippen molar-refractivity contribution in [2.45, 2.75) is 0 Å². The zero-order valence-corrected chi connectivity index (χ0v) is 32.9. The third-order valence-electron chi connectivity index (χ3n) is 12.6. The molecule has 0 radical (unpaired) electrons. The highest BCUT2D eigenvalue weighted by atomic mass is 15.0. The van der Waals surface area contributed by atoms with Crippen LogP contribution in [0.3, 0.4) is 0 Å². The van der Waals surface area contributed by atoms with E-state index in [4.69, 9.17) is 15.0 Å². The van der Waals surface area contributed by atoms with Gasteiger partial charge in [-0.1, -0.05) is 182 Å². The second-order valence-corrected chi connectivity index (χ2v) is 15.9. The zero-order chi connectivity index (χ0) is 40.0. The lowest BCUT2D eigenvalue weighted by Gasteiger charge is -2.19. The minimum atomic E-state index is 0.619. The van der Waals surface area contributed by atoms with E-state index in [9.17, 15) is 0 Å². The van der Waals surface area contributed by atoms with Gasteiger partial charge in [-0.3, -0.25) is 0 Å². The molecule has 0 bridgehead atoms. The molecule has 282 valence electrons. The molecule has 11 aromatic carbocycles. The lowest BCUT2D eigenvalue weighted by atomic mass is 9.91. The largest absolute Gasteiger partial charge is 0.309 e. The first-order valence-electron chi connectivity index (χ1n) is 20.8. The Morgan fingerprint density at radius 3 is 1.38 bits per heavy atom. The van der Waals surface area contributed by atoms with Crippen LogP contribution in [0, 0.1) is 0 Å². The minimum absolute atomic E-state index is 0.619. The van der Waals surface area contributed by atoms with Crippen molar-refractivity contribution in [2.75, 3.05) is 0 Å². The molecule has 0 aliphatic carbocycles. The van der Waals surface area contributed by atoms with Crippen LogP contribution >= 0.6 is 0 Å². The molecule has 2 aromatic heterocycles. The van der Waals surface area contributed by atoms with Crippen molar-refractivity contribution in [2.24, 2.45) is 0 Å². The van der Waals surface area contributed by atoms with E-state index in [0.29, 0.717) is 17.5 Å². The monoisotopic (exact) mass is 774 g/mol. The molecule has 0 unspecified atom stereocenters. The molecule has 61 heavy (non-hydrogen) atoms. The second-order valence-electron chi connectivity index (χ2n) is 15.9. The van der Waals surface area contributed by atoms with Crippen LogP contribution in [0.5, 0.6) is 0 Å². The normalized spacial score (nSPS) is 11.9. The van der Waals surface area contributed by atoms with Gasteiger partial charge in [0, 0.05) is 32.8 Å². The first-order chi connectivity index (χ1) is 30.3. The van der Waals surface area contributed by atoms with Crippen LogP contribution in [0.25, 0.3) is 126 Å². The molecule has 0 saturated heterocycles. The number of hydrogen-bond acceptors (Lipinski definition) is 3. The van der Waals surface area contributed by atoms with E-state index in [1.54, 1.807) is 0 Å². The third-order valence-corrected chi connectivity index (χ3v) is 12.6. The summed E-state index contributed by atoms with van der Waals surface area (Å²) in [5.41, 5.74) is 6.20. The first-order valence-corrected chi connectivity index (χ1v) is 20.8. The fraction of sp³-hybridized carbons (Fsp3) is 0. The molecule has 0 fully saturated rings. The maximum atomic E-state index is 5.40. The molecule has 0 N–H and O–H groups in total. The van der Waals surface area contributed by atoms with E-state index >= 15 is 0 Å². The summed E-state index contributed by atoms with van der Waals surface area (Å²) in [5.74, 6) is 1.89. The van der Waals surface area contributed by atoms with Crippen LogP contribution in [-0.4, -0.2) is 19.5 Å². The van der Waals surface area contributed by atoms with Crippen LogP contribution in [0.15, 0.2) is 206 Å². The summed E-state index contributed by atoms with van der Waals surface area (Å²) < 4.78 is 2.50. The minimum Gasteiger partial charge on any atom is -0.309 e. The highest BCUT2D eigenvalue weighted by Crippen LogP contribution is 2.46. The molecule has 0 spiro atoms. The van der Waals surface area contributed by atoms with Gasteiger partial charge in [-0.25, -0.2) is 15.0 Å². The summed E-state index contributed by atoms with van der Waals surface area (Å²) in [7, 11) is 0. The van der Waals surface area contributed by atoms with E-state index < -0.39 is 0 Å². The van der Waals surface area contributed by atoms with Gasteiger partial charge < -0.3 is 4.57 Å². The molecule has 0 saturated carbocycles. The Morgan fingerprint density at radius 1 is 0.279 bits per heavy atom. The third kappa shape index (κ3) is 5.09. The lowest BCUT2D eigenvalue weighted by molar-refractivity contribution is 1.07. The molecular formula is C57H34N4. The van der Waals surface area contributed by atoms with Gasteiger partial charge in [-0.2, -0.15) is 0 Å². The van der Waals surface area contributed by atoms with E-state index in [1.165, 1.54) is 59.2 Å². The second kappa shape index (κ2) is 13.2. The maximum absolute atomic E-state index is 5.40. The molecule has 0 aliphatic rings. The van der Waals surface area contributed by atoms with Gasteiger partial charge in [0.05, 0.1) is 16.7 Å². The number of benzene rings is 11. The Kier molecular flexibility index (Phi) is 7.27. The summed E-state index contributed by atoms with van der Waals surface area (Å²) >= 11 is 0. The van der Waals surface area contributed by atoms with Crippen molar-refractivity contribution >= 4 is 86.4 Å². The van der Waals surface area contributed by atoms with Crippen molar-refractivity contribution in [3.8, 4) is 39.9 Å². The Bertz CT molecular complexity index is 3840. The van der Waals surface area contributed by atoms with Crippen LogP contribution in [0.4, 0.5) is 0 Å². The number of rotatable bonds is 4. The first kappa shape index (κ1) is 33.7. The van der Waals surface area contributed by atoms with E-state index in [0.717, 1.165) is 49.6 Å². The Morgan fingerprint density at radius 2 is 0.738 bits per heavy atom. The van der Waals surface area contributed by atoms with Crippen molar-refractivity contribution in [1.29, 1.82) is 0 Å². The summed E-state index contributed by atoms with van der Waals surface area (Å²) in [5, 5.41) is 16.8. The molecule has 13 rings (SSSR count). The predicted molar refractivity (Wildman–Crippen MR) is 256 cm³/mol. The maximum Gasteiger partial charge on any atom is 0.164 e. The fourth-order valence-electron chi connectivity index (χ4n) is 9.89. The van der Waals surface area contributed by atoms with Crippen LogP contribution in [-0.2, 0) is 0 Å². The molecule has 2 heterocycles. The molecule has 4 heteroatoms. The lowest BCUT2D eigenvalue weighted by Crippen LogP contribution is -2.02. The van der Waals surface area contributed by atoms with Crippen LogP contribution in [0.2, 0.25) is 0 Å². The summed E-state index contributed by atoms with van der Waals surface area (Å²) in [4.78, 5) is 15.9. The zero-order valence-electron chi connectivity index (χ0n) is 32.9. The summed E-state index contributed by atoms with van der Waals surface area (Å²) in [6.45, 7) is 0. The standard InChI is InChI=1S/C57H34N4/c1-2-18-38(19-3-1)55-58-56(60-57(59-55)47-28-14-20-35-15-4-7-21-40(35)47)39-33-48-45-26-11-10-24-43(45)44-25-12-13-27-46(44)52(48)51(34-39)61-49-31-29-36-16-5-8-22-41(36)53(49)54-42-23-9-6-17-37(42)30-32-50(54)61/h1-34H. The van der Waals surface area contributed by atoms with E-state index in [1.807, 2.05) is 18.2 Å². The smallest absolute Gasteiger partial charge is 0.164 e. The number of hydrogen-bond donors (Lipinski definition) is 0. The molecule has 0 amide bonds. The van der Waals surface area contributed by atoms with Crippen LogP contribution < -0.4 is 0 Å².